The number of halogens is 1. The number of benzene rings is 1. The van der Waals surface area contributed by atoms with Crippen LogP contribution in [0.5, 0.6) is 0 Å². The molecule has 1 aliphatic rings. The molecule has 3 aromatic rings. The van der Waals surface area contributed by atoms with E-state index in [2.05, 4.69) is 20.4 Å². The largest absolute Gasteiger partial charge is 0.342 e. The Morgan fingerprint density at radius 1 is 1.39 bits per heavy atom. The maximum absolute atomic E-state index is 13.3. The summed E-state index contributed by atoms with van der Waals surface area (Å²) in [6, 6.07) is 6.33. The van der Waals surface area contributed by atoms with Gasteiger partial charge in [-0.2, -0.15) is 4.98 Å². The van der Waals surface area contributed by atoms with Gasteiger partial charge in [0.05, 0.1) is 6.04 Å². The highest BCUT2D eigenvalue weighted by molar-refractivity contribution is 5.91. The van der Waals surface area contributed by atoms with E-state index in [9.17, 15) is 9.18 Å². The van der Waals surface area contributed by atoms with Gasteiger partial charge in [-0.25, -0.2) is 13.9 Å². The van der Waals surface area contributed by atoms with Gasteiger partial charge in [0.15, 0.2) is 0 Å². The summed E-state index contributed by atoms with van der Waals surface area (Å²) in [7, 11) is 0. The zero-order valence-corrected chi connectivity index (χ0v) is 12.5. The summed E-state index contributed by atoms with van der Waals surface area (Å²) >= 11 is 0. The van der Waals surface area contributed by atoms with Gasteiger partial charge in [-0.15, -0.1) is 5.10 Å². The summed E-state index contributed by atoms with van der Waals surface area (Å²) in [6.07, 6.45) is 3.12. The fraction of sp³-hybridized carbons (Fsp3) is 0.250. The normalized spacial score (nSPS) is 16.5. The number of hydrogen-bond acceptors (Lipinski definition) is 4. The van der Waals surface area contributed by atoms with E-state index in [0.717, 1.165) is 29.7 Å². The second-order valence-electron chi connectivity index (χ2n) is 5.64. The van der Waals surface area contributed by atoms with Crippen LogP contribution in [0.1, 0.15) is 39.9 Å². The molecule has 7 heteroatoms. The Balaban J connectivity index is 1.60. The maximum Gasteiger partial charge on any atom is 0.291 e. The Bertz CT molecular complexity index is 920. The lowest BCUT2D eigenvalue weighted by atomic mass is 10.1. The van der Waals surface area contributed by atoms with Crippen LogP contribution in [0.2, 0.25) is 0 Å². The van der Waals surface area contributed by atoms with Crippen LogP contribution in [0.25, 0.3) is 5.78 Å². The molecule has 2 heterocycles. The molecular formula is C16H14FN5O. The second-order valence-corrected chi connectivity index (χ2v) is 5.64. The van der Waals surface area contributed by atoms with E-state index in [4.69, 9.17) is 0 Å². The molecule has 1 amide bonds. The first-order valence-corrected chi connectivity index (χ1v) is 7.39. The van der Waals surface area contributed by atoms with E-state index >= 15 is 0 Å². The summed E-state index contributed by atoms with van der Waals surface area (Å²) in [5.41, 5.74) is 2.75. The number of nitrogens with zero attached hydrogens (tertiary/aromatic N) is 4. The molecule has 1 aliphatic carbocycles. The van der Waals surface area contributed by atoms with Crippen molar-refractivity contribution in [2.45, 2.75) is 25.8 Å². The highest BCUT2D eigenvalue weighted by atomic mass is 19.1. The fourth-order valence-corrected chi connectivity index (χ4v) is 2.96. The molecule has 116 valence electrons. The molecule has 6 nitrogen and oxygen atoms in total. The zero-order chi connectivity index (χ0) is 16.0. The molecule has 1 atom stereocenters. The molecule has 1 unspecified atom stereocenters. The number of hydrogen-bond donors (Lipinski definition) is 1. The Morgan fingerprint density at radius 2 is 2.26 bits per heavy atom. The number of aryl methyl sites for hydroxylation is 2. The minimum atomic E-state index is -0.350. The first kappa shape index (κ1) is 13.8. The van der Waals surface area contributed by atoms with Crippen molar-refractivity contribution in [1.82, 2.24) is 24.9 Å². The molecule has 1 N–H and O–H groups in total. The predicted octanol–water partition coefficient (Wildman–Crippen LogP) is 1.99. The Labute approximate surface area is 131 Å². The first-order chi connectivity index (χ1) is 11.1. The number of nitrogens with one attached hydrogen (secondary N) is 1. The van der Waals surface area contributed by atoms with Gasteiger partial charge in [0.2, 0.25) is 5.82 Å². The molecular weight excluding hydrogens is 297 g/mol. The Kier molecular flexibility index (Phi) is 3.07. The van der Waals surface area contributed by atoms with E-state index in [0.29, 0.717) is 5.78 Å². The Morgan fingerprint density at radius 3 is 3.09 bits per heavy atom. The second kappa shape index (κ2) is 5.12. The van der Waals surface area contributed by atoms with Gasteiger partial charge in [0.25, 0.3) is 11.7 Å². The number of aromatic nitrogens is 4. The number of amides is 1. The highest BCUT2D eigenvalue weighted by Gasteiger charge is 2.26. The van der Waals surface area contributed by atoms with Gasteiger partial charge in [-0.1, -0.05) is 6.07 Å². The maximum atomic E-state index is 13.3. The number of carbonyl (C=O) groups excluding carboxylic acids is 1. The van der Waals surface area contributed by atoms with Crippen molar-refractivity contribution in [2.75, 3.05) is 0 Å². The molecule has 0 bridgehead atoms. The topological polar surface area (TPSA) is 72.2 Å². The third kappa shape index (κ3) is 2.34. The monoisotopic (exact) mass is 311 g/mol. The molecule has 0 radical (unpaired) electrons. The van der Waals surface area contributed by atoms with Crippen molar-refractivity contribution in [1.29, 1.82) is 0 Å². The fourth-order valence-electron chi connectivity index (χ4n) is 2.96. The van der Waals surface area contributed by atoms with Gasteiger partial charge in [-0.3, -0.25) is 4.79 Å². The van der Waals surface area contributed by atoms with Crippen LogP contribution in [-0.2, 0) is 6.42 Å². The molecule has 0 spiro atoms. The molecule has 0 saturated carbocycles. The molecule has 0 fully saturated rings. The van der Waals surface area contributed by atoms with E-state index in [1.807, 2.05) is 6.92 Å². The standard InChI is InChI=1S/C16H14FN5O/c1-9-6-7-18-16-20-14(21-22(9)16)15(23)19-13-5-2-10-8-11(17)3-4-12(10)13/h3-4,6-8,13H,2,5H2,1H3,(H,19,23). The van der Waals surface area contributed by atoms with Gasteiger partial charge >= 0.3 is 0 Å². The summed E-state index contributed by atoms with van der Waals surface area (Å²) in [5, 5.41) is 7.12. The average Bonchev–Trinajstić information content (AvgIpc) is 3.12. The summed E-state index contributed by atoms with van der Waals surface area (Å²) in [6.45, 7) is 1.87. The third-order valence-corrected chi connectivity index (χ3v) is 4.12. The minimum Gasteiger partial charge on any atom is -0.342 e. The van der Waals surface area contributed by atoms with Crippen molar-refractivity contribution < 1.29 is 9.18 Å². The van der Waals surface area contributed by atoms with Crippen molar-refractivity contribution in [2.24, 2.45) is 0 Å². The van der Waals surface area contributed by atoms with Crippen molar-refractivity contribution >= 4 is 11.7 Å². The van der Waals surface area contributed by atoms with E-state index in [-0.39, 0.29) is 23.6 Å². The predicted molar refractivity (Wildman–Crippen MR) is 80.4 cm³/mol. The first-order valence-electron chi connectivity index (χ1n) is 7.39. The van der Waals surface area contributed by atoms with E-state index in [1.165, 1.54) is 16.6 Å². The van der Waals surface area contributed by atoms with Crippen LogP contribution in [0, 0.1) is 12.7 Å². The smallest absolute Gasteiger partial charge is 0.291 e. The van der Waals surface area contributed by atoms with Crippen LogP contribution in [0.3, 0.4) is 0 Å². The number of carbonyl (C=O) groups is 1. The van der Waals surface area contributed by atoms with Crippen LogP contribution in [-0.4, -0.2) is 25.5 Å². The van der Waals surface area contributed by atoms with Gasteiger partial charge in [0.1, 0.15) is 5.82 Å². The summed E-state index contributed by atoms with van der Waals surface area (Å²) < 4.78 is 14.8. The SMILES string of the molecule is Cc1ccnc2nc(C(=O)NC3CCc4cc(F)ccc43)nn12. The van der Waals surface area contributed by atoms with Crippen molar-refractivity contribution in [3.05, 3.63) is 58.9 Å². The Hall–Kier alpha value is -2.83. The molecule has 4 rings (SSSR count). The van der Waals surface area contributed by atoms with Crippen molar-refractivity contribution in [3.8, 4) is 0 Å². The number of fused-ring (bicyclic) bond motifs is 2. The van der Waals surface area contributed by atoms with Gasteiger partial charge < -0.3 is 5.32 Å². The van der Waals surface area contributed by atoms with Gasteiger partial charge in [0, 0.05) is 11.9 Å². The van der Waals surface area contributed by atoms with Crippen LogP contribution in [0.4, 0.5) is 4.39 Å². The third-order valence-electron chi connectivity index (χ3n) is 4.12. The molecule has 0 saturated heterocycles. The van der Waals surface area contributed by atoms with Crippen LogP contribution < -0.4 is 5.32 Å². The average molecular weight is 311 g/mol. The highest BCUT2D eigenvalue weighted by Crippen LogP contribution is 2.31. The lowest BCUT2D eigenvalue weighted by Crippen LogP contribution is -2.28. The molecule has 0 aliphatic heterocycles. The molecule has 2 aromatic heterocycles. The lowest BCUT2D eigenvalue weighted by Gasteiger charge is -2.12. The summed E-state index contributed by atoms with van der Waals surface area (Å²) in [5.74, 6) is -0.122. The van der Waals surface area contributed by atoms with Crippen LogP contribution >= 0.6 is 0 Å². The van der Waals surface area contributed by atoms with E-state index < -0.39 is 0 Å². The quantitative estimate of drug-likeness (QED) is 0.785. The van der Waals surface area contributed by atoms with Crippen molar-refractivity contribution in [3.63, 3.8) is 0 Å². The number of rotatable bonds is 2. The van der Waals surface area contributed by atoms with Gasteiger partial charge in [-0.05, 0) is 49.1 Å². The van der Waals surface area contributed by atoms with E-state index in [1.54, 1.807) is 18.3 Å². The van der Waals surface area contributed by atoms with Crippen LogP contribution in [0.15, 0.2) is 30.5 Å². The zero-order valence-electron chi connectivity index (χ0n) is 12.5. The summed E-state index contributed by atoms with van der Waals surface area (Å²) in [4.78, 5) is 20.7. The molecule has 23 heavy (non-hydrogen) atoms. The molecule has 1 aromatic carbocycles. The lowest BCUT2D eigenvalue weighted by molar-refractivity contribution is 0.0926. The minimum absolute atomic E-state index is 0.0855.